The number of aryl methyl sites for hydroxylation is 8. The van der Waals surface area contributed by atoms with Crippen LogP contribution in [-0.4, -0.2) is 0 Å². The summed E-state index contributed by atoms with van der Waals surface area (Å²) in [6.45, 7) is 36.8. The quantitative estimate of drug-likeness (QED) is 0.122. The first-order valence-electron chi connectivity index (χ1n) is 21.5. The molecule has 8 aromatic carbocycles. The number of hydrogen-bond acceptors (Lipinski definition) is 0. The molecule has 0 amide bonds. The summed E-state index contributed by atoms with van der Waals surface area (Å²) in [4.78, 5) is 0. The van der Waals surface area contributed by atoms with Gasteiger partial charge in [0.15, 0.2) is 0 Å². The maximum atomic E-state index is 2.51. The summed E-state index contributed by atoms with van der Waals surface area (Å²) in [5, 5.41) is 7.99. The van der Waals surface area contributed by atoms with Gasteiger partial charge in [-0.05, 0) is 277 Å². The minimum absolute atomic E-state index is 0.628. The Kier molecular flexibility index (Phi) is 13.2. The van der Waals surface area contributed by atoms with Crippen molar-refractivity contribution in [2.24, 2.45) is 0 Å². The molecule has 0 spiro atoms. The average molecular weight is 1060 g/mol. The fraction of sp³-hybridized carbons (Fsp3) is 0.276. The normalized spacial score (nSPS) is 11.4. The van der Waals surface area contributed by atoms with Crippen molar-refractivity contribution in [3.05, 3.63) is 162 Å². The Morgan fingerprint density at radius 3 is 0.623 bits per heavy atom. The molecule has 311 valence electrons. The van der Waals surface area contributed by atoms with Crippen LogP contribution >= 0.6 is 40.0 Å². The molecule has 0 aliphatic carbocycles. The van der Waals surface area contributed by atoms with E-state index in [0.717, 1.165) is 0 Å². The Morgan fingerprint density at radius 2 is 0.443 bits per heavy atom. The van der Waals surface area contributed by atoms with Gasteiger partial charge in [0.25, 0.3) is 0 Å². The molecule has 0 radical (unpaired) electrons. The Hall–Kier alpha value is -3.42. The van der Waals surface area contributed by atoms with Gasteiger partial charge in [0.2, 0.25) is 0 Å². The molecule has 0 atom stereocenters. The van der Waals surface area contributed by atoms with Crippen LogP contribution in [0.25, 0.3) is 76.8 Å². The molecule has 0 aromatic heterocycles. The summed E-state index contributed by atoms with van der Waals surface area (Å²) in [6, 6.07) is 29.1. The van der Waals surface area contributed by atoms with Gasteiger partial charge in [0, 0.05) is 0 Å². The second-order valence-electron chi connectivity index (χ2n) is 18.0. The summed E-state index contributed by atoms with van der Waals surface area (Å²) in [5.74, 6) is 0. The zero-order valence-corrected chi connectivity index (χ0v) is 44.8. The van der Waals surface area contributed by atoms with Crippen LogP contribution in [0.15, 0.2) is 72.8 Å². The molecule has 0 bridgehead atoms. The summed E-state index contributed by atoms with van der Waals surface area (Å²) in [6.07, 6.45) is 0. The zero-order valence-electron chi connectivity index (χ0n) is 39.1. The first-order chi connectivity index (χ1) is 28.9. The topological polar surface area (TPSA) is 0 Å². The molecular formula is C58H60I2V. The van der Waals surface area contributed by atoms with E-state index in [0.29, 0.717) is 9.47 Å². The van der Waals surface area contributed by atoms with Gasteiger partial charge in [0.05, 0.1) is 0 Å². The zero-order chi connectivity index (χ0) is 44.5. The van der Waals surface area contributed by atoms with E-state index in [1.165, 1.54) is 166 Å². The third kappa shape index (κ3) is 7.64. The second kappa shape index (κ2) is 17.6. The molecule has 8 rings (SSSR count). The molecule has 0 heterocycles. The molecule has 0 fully saturated rings. The molecule has 0 N–H and O–H groups in total. The summed E-state index contributed by atoms with van der Waals surface area (Å²) in [7, 11) is 0.628. The summed E-state index contributed by atoms with van der Waals surface area (Å²) >= 11 is 4.74. The van der Waals surface area contributed by atoms with Crippen molar-refractivity contribution in [2.45, 2.75) is 111 Å². The van der Waals surface area contributed by atoms with E-state index in [4.69, 9.17) is 0 Å². The van der Waals surface area contributed by atoms with E-state index in [1.807, 2.05) is 0 Å². The van der Waals surface area contributed by atoms with Crippen molar-refractivity contribution in [1.82, 2.24) is 0 Å². The molecule has 0 aliphatic heterocycles. The van der Waals surface area contributed by atoms with Gasteiger partial charge < -0.3 is 0 Å². The molecule has 61 heavy (non-hydrogen) atoms. The van der Waals surface area contributed by atoms with Crippen LogP contribution in [-0.2, 0) is 9.47 Å². The number of halogens is 2. The fourth-order valence-corrected chi connectivity index (χ4v) is 9.78. The van der Waals surface area contributed by atoms with Crippen molar-refractivity contribution in [1.29, 1.82) is 0 Å². The van der Waals surface area contributed by atoms with Crippen LogP contribution in [0.3, 0.4) is 0 Å². The van der Waals surface area contributed by atoms with Gasteiger partial charge in [-0.2, -0.15) is 0 Å². The first kappa shape index (κ1) is 45.6. The van der Waals surface area contributed by atoms with Gasteiger partial charge in [-0.15, -0.1) is 0 Å². The number of benzene rings is 8. The van der Waals surface area contributed by atoms with Crippen LogP contribution in [0.4, 0.5) is 0 Å². The third-order valence-corrected chi connectivity index (χ3v) is 14.9. The third-order valence-electron chi connectivity index (χ3n) is 14.9. The van der Waals surface area contributed by atoms with Gasteiger partial charge in [0.1, 0.15) is 0 Å². The molecule has 0 saturated carbocycles. The Morgan fingerprint density at radius 1 is 0.262 bits per heavy atom. The Bertz CT molecular complexity index is 2710. The van der Waals surface area contributed by atoms with E-state index >= 15 is 0 Å². The summed E-state index contributed by atoms with van der Waals surface area (Å²) in [5.41, 5.74) is 32.1. The fourth-order valence-electron chi connectivity index (χ4n) is 9.78. The molecule has 0 saturated heterocycles. The van der Waals surface area contributed by atoms with Gasteiger partial charge >= 0.3 is 49.4 Å². The predicted molar refractivity (Wildman–Crippen MR) is 285 cm³/mol. The maximum absolute atomic E-state index is 2.51. The van der Waals surface area contributed by atoms with Crippen LogP contribution in [0, 0.1) is 111 Å². The number of rotatable bonds is 4. The van der Waals surface area contributed by atoms with Crippen molar-refractivity contribution in [3.8, 4) is 44.5 Å². The second-order valence-corrected chi connectivity index (χ2v) is 29.8. The molecule has 0 aliphatic rings. The molecule has 0 unspecified atom stereocenters. The van der Waals surface area contributed by atoms with E-state index in [-0.39, 0.29) is 0 Å². The van der Waals surface area contributed by atoms with Gasteiger partial charge in [-0.25, -0.2) is 0 Å². The molecule has 8 aromatic rings. The average Bonchev–Trinajstić information content (AvgIpc) is 3.22. The monoisotopic (exact) mass is 1060 g/mol. The minimum atomic E-state index is 0.628. The number of hydrogen-bond donors (Lipinski definition) is 0. The Balaban J connectivity index is 0.00000182. The van der Waals surface area contributed by atoms with Crippen LogP contribution in [0.1, 0.15) is 89.0 Å². The first-order valence-corrected chi connectivity index (χ1v) is 30.6. The van der Waals surface area contributed by atoms with Gasteiger partial charge in [-0.3, -0.25) is 0 Å². The molecule has 3 heteroatoms. The SMILES string of the molecule is Cc1cc2c(-c3ccc(C)c(C)c3C)c3c(-c4ccc(C)c(C)c4C)c4cc(C)c(C)cc4c(-c4ccc(C)c(C)c4C)c3c(-c3ccc(C)c(C)c3C)c2cc1C.[I][V][I]. The van der Waals surface area contributed by atoms with E-state index in [2.05, 4.69) is 224 Å². The summed E-state index contributed by atoms with van der Waals surface area (Å²) < 4.78 is 0. The van der Waals surface area contributed by atoms with E-state index < -0.39 is 0 Å². The van der Waals surface area contributed by atoms with E-state index in [1.54, 1.807) is 0 Å². The number of fused-ring (bicyclic) bond motifs is 3. The predicted octanol–water partition coefficient (Wildman–Crippen LogP) is 18.5. The van der Waals surface area contributed by atoms with Crippen LogP contribution in [0.2, 0.25) is 0 Å². The standard InChI is InChI=1S/C58H60.2HI.V/c1-29-17-21-45(41(13)37(29)9)53-49-25-33(5)34(6)26-50(49)55(47-23-19-31(3)39(11)43(47)15)58-56(48-24-20-32(4)40(12)44(48)16)52-28-36(8)35(7)27-51(52)54(57(53)58)46-22-18-30(2)38(10)42(46)14;;;/h17-28H,1-16H3;2*1H;/q;;;+2/p-2. The van der Waals surface area contributed by atoms with Crippen molar-refractivity contribution in [2.75, 3.05) is 0 Å². The van der Waals surface area contributed by atoms with E-state index in [9.17, 15) is 0 Å². The van der Waals surface area contributed by atoms with Crippen LogP contribution in [0.5, 0.6) is 0 Å². The van der Waals surface area contributed by atoms with Gasteiger partial charge in [-0.1, -0.05) is 72.8 Å². The van der Waals surface area contributed by atoms with Crippen LogP contribution < -0.4 is 0 Å². The van der Waals surface area contributed by atoms with Crippen molar-refractivity contribution in [3.63, 3.8) is 0 Å². The molecular weight excluding hydrogens is 1000 g/mol. The molecule has 0 nitrogen and oxygen atoms in total. The van der Waals surface area contributed by atoms with Crippen molar-refractivity contribution < 1.29 is 9.47 Å². The van der Waals surface area contributed by atoms with Crippen molar-refractivity contribution >= 4 is 72.3 Å². The Labute approximate surface area is 395 Å².